The van der Waals surface area contributed by atoms with Gasteiger partial charge >= 0.3 is 6.03 Å². The van der Waals surface area contributed by atoms with Gasteiger partial charge in [-0.3, -0.25) is 0 Å². The number of epoxide rings is 1. The minimum atomic E-state index is -0.462. The number of primary amides is 1. The Balaban J connectivity index is 1.86. The number of hydrogen-bond acceptors (Lipinski definition) is 2. The van der Waals surface area contributed by atoms with E-state index in [0.29, 0.717) is 12.6 Å². The summed E-state index contributed by atoms with van der Waals surface area (Å²) in [4.78, 5) is 10.1. The quantitative estimate of drug-likeness (QED) is 0.503. The van der Waals surface area contributed by atoms with E-state index in [1.807, 2.05) is 0 Å². The number of nitrogens with one attached hydrogen (secondary N) is 1. The summed E-state index contributed by atoms with van der Waals surface area (Å²) in [5.74, 6) is 0. The van der Waals surface area contributed by atoms with Crippen molar-refractivity contribution in [3.63, 3.8) is 0 Å². The van der Waals surface area contributed by atoms with Crippen LogP contribution in [0.25, 0.3) is 0 Å². The normalized spacial score (nSPS) is 23.3. The van der Waals surface area contributed by atoms with Crippen molar-refractivity contribution in [3.05, 3.63) is 0 Å². The molecule has 4 heteroatoms. The molecular weight excluding hydrogens is 120 g/mol. The van der Waals surface area contributed by atoms with Gasteiger partial charge in [-0.15, -0.1) is 0 Å². The van der Waals surface area contributed by atoms with Gasteiger partial charge in [-0.2, -0.15) is 0 Å². The molecule has 52 valence electrons. The predicted octanol–water partition coefficient (Wildman–Crippen LogP) is -0.556. The molecule has 1 saturated heterocycles. The molecule has 4 nitrogen and oxygen atoms in total. The van der Waals surface area contributed by atoms with Crippen molar-refractivity contribution in [1.29, 1.82) is 0 Å². The first-order valence-corrected chi connectivity index (χ1v) is 2.94. The molecule has 3 N–H and O–H groups in total. The number of nitrogens with two attached hydrogens (primary N) is 1. The second-order valence-corrected chi connectivity index (χ2v) is 2.04. The van der Waals surface area contributed by atoms with Gasteiger partial charge in [0.2, 0.25) is 0 Å². The van der Waals surface area contributed by atoms with E-state index in [2.05, 4.69) is 5.32 Å². The molecule has 0 saturated carbocycles. The largest absolute Gasteiger partial charge is 0.373 e. The molecule has 1 atom stereocenters. The van der Waals surface area contributed by atoms with E-state index in [-0.39, 0.29) is 0 Å². The highest BCUT2D eigenvalue weighted by molar-refractivity contribution is 5.71. The first kappa shape index (κ1) is 6.35. The zero-order valence-corrected chi connectivity index (χ0v) is 5.09. The Morgan fingerprint density at radius 1 is 1.89 bits per heavy atom. The van der Waals surface area contributed by atoms with Crippen LogP contribution in [-0.2, 0) is 4.74 Å². The Hall–Kier alpha value is -0.770. The van der Waals surface area contributed by atoms with Gasteiger partial charge in [-0.25, -0.2) is 4.79 Å². The summed E-state index contributed by atoms with van der Waals surface area (Å²) < 4.78 is 4.90. The summed E-state index contributed by atoms with van der Waals surface area (Å²) in [7, 11) is 0. The molecule has 0 aromatic carbocycles. The van der Waals surface area contributed by atoms with E-state index in [4.69, 9.17) is 10.5 Å². The third kappa shape index (κ3) is 2.92. The molecule has 0 aliphatic carbocycles. The maximum Gasteiger partial charge on any atom is 0.312 e. The highest BCUT2D eigenvalue weighted by Crippen LogP contribution is 2.11. The number of rotatable bonds is 3. The van der Waals surface area contributed by atoms with E-state index in [0.717, 1.165) is 13.0 Å². The molecule has 0 radical (unpaired) electrons. The highest BCUT2D eigenvalue weighted by Gasteiger charge is 2.21. The summed E-state index contributed by atoms with van der Waals surface area (Å²) in [6, 6.07) is -0.462. The fourth-order valence-electron chi connectivity index (χ4n) is 0.591. The minimum absolute atomic E-state index is 0.372. The van der Waals surface area contributed by atoms with E-state index < -0.39 is 6.03 Å². The van der Waals surface area contributed by atoms with E-state index in [1.54, 1.807) is 0 Å². The van der Waals surface area contributed by atoms with E-state index >= 15 is 0 Å². The Morgan fingerprint density at radius 2 is 2.56 bits per heavy atom. The lowest BCUT2D eigenvalue weighted by Gasteiger charge is -1.96. The number of carbonyl (C=O) groups is 1. The first-order valence-electron chi connectivity index (χ1n) is 2.94. The van der Waals surface area contributed by atoms with Gasteiger partial charge in [-0.1, -0.05) is 0 Å². The second kappa shape index (κ2) is 2.68. The summed E-state index contributed by atoms with van der Waals surface area (Å²) in [5, 5.41) is 2.48. The van der Waals surface area contributed by atoms with Gasteiger partial charge in [0.05, 0.1) is 12.7 Å². The zero-order valence-electron chi connectivity index (χ0n) is 5.09. The molecule has 0 aromatic rings. The Bertz CT molecular complexity index is 112. The molecule has 1 fully saturated rings. The van der Waals surface area contributed by atoms with E-state index in [1.165, 1.54) is 0 Å². The topological polar surface area (TPSA) is 67.7 Å². The van der Waals surface area contributed by atoms with Gasteiger partial charge in [0, 0.05) is 6.54 Å². The molecule has 1 aliphatic heterocycles. The minimum Gasteiger partial charge on any atom is -0.373 e. The van der Waals surface area contributed by atoms with Crippen LogP contribution in [0.3, 0.4) is 0 Å². The molecule has 0 spiro atoms. The molecule has 1 unspecified atom stereocenters. The molecule has 1 heterocycles. The summed E-state index contributed by atoms with van der Waals surface area (Å²) >= 11 is 0. The van der Waals surface area contributed by atoms with Crippen LogP contribution in [0.1, 0.15) is 6.42 Å². The third-order valence-corrected chi connectivity index (χ3v) is 1.17. The standard InChI is InChI=1S/C5H10N2O2/c6-5(8)7-2-1-4-3-9-4/h4H,1-3H2,(H3,6,7,8). The molecule has 9 heavy (non-hydrogen) atoms. The van der Waals surface area contributed by atoms with Crippen LogP contribution in [0.15, 0.2) is 0 Å². The van der Waals surface area contributed by atoms with Gasteiger partial charge in [0.1, 0.15) is 0 Å². The van der Waals surface area contributed by atoms with Gasteiger partial charge < -0.3 is 15.8 Å². The zero-order chi connectivity index (χ0) is 6.69. The van der Waals surface area contributed by atoms with Crippen LogP contribution in [0.5, 0.6) is 0 Å². The van der Waals surface area contributed by atoms with Crippen LogP contribution < -0.4 is 11.1 Å². The fraction of sp³-hybridized carbons (Fsp3) is 0.800. The molecular formula is C5H10N2O2. The maximum absolute atomic E-state index is 10.1. The van der Waals surface area contributed by atoms with Gasteiger partial charge in [0.25, 0.3) is 0 Å². The van der Waals surface area contributed by atoms with Crippen LogP contribution in [0.4, 0.5) is 4.79 Å². The van der Waals surface area contributed by atoms with Gasteiger partial charge in [0.15, 0.2) is 0 Å². The van der Waals surface area contributed by atoms with Crippen LogP contribution in [0, 0.1) is 0 Å². The third-order valence-electron chi connectivity index (χ3n) is 1.17. The second-order valence-electron chi connectivity index (χ2n) is 2.04. The smallest absolute Gasteiger partial charge is 0.312 e. The Kier molecular flexibility index (Phi) is 1.89. The van der Waals surface area contributed by atoms with Crippen molar-refractivity contribution >= 4 is 6.03 Å². The number of hydrogen-bond donors (Lipinski definition) is 2. The average molecular weight is 130 g/mol. The lowest BCUT2D eigenvalue weighted by atomic mass is 10.3. The fourth-order valence-corrected chi connectivity index (χ4v) is 0.591. The Morgan fingerprint density at radius 3 is 3.00 bits per heavy atom. The SMILES string of the molecule is NC(=O)NCCC1CO1. The monoisotopic (exact) mass is 130 g/mol. The number of carbonyl (C=O) groups excluding carboxylic acids is 1. The van der Waals surface area contributed by atoms with Gasteiger partial charge in [-0.05, 0) is 6.42 Å². The van der Waals surface area contributed by atoms with Crippen molar-refractivity contribution in [2.45, 2.75) is 12.5 Å². The summed E-state index contributed by atoms with van der Waals surface area (Å²) in [6.45, 7) is 1.46. The van der Waals surface area contributed by atoms with Crippen molar-refractivity contribution < 1.29 is 9.53 Å². The van der Waals surface area contributed by atoms with Crippen LogP contribution in [0.2, 0.25) is 0 Å². The maximum atomic E-state index is 10.1. The van der Waals surface area contributed by atoms with Crippen LogP contribution >= 0.6 is 0 Å². The lowest BCUT2D eigenvalue weighted by molar-refractivity contribution is 0.248. The molecule has 1 aliphatic rings. The Labute approximate surface area is 53.4 Å². The lowest BCUT2D eigenvalue weighted by Crippen LogP contribution is -2.30. The highest BCUT2D eigenvalue weighted by atomic mass is 16.6. The molecule has 2 amide bonds. The predicted molar refractivity (Wildman–Crippen MR) is 31.9 cm³/mol. The molecule has 0 bridgehead atoms. The number of ether oxygens (including phenoxy) is 1. The van der Waals surface area contributed by atoms with Crippen molar-refractivity contribution in [2.24, 2.45) is 5.73 Å². The molecule has 1 rings (SSSR count). The van der Waals surface area contributed by atoms with Crippen molar-refractivity contribution in [3.8, 4) is 0 Å². The number of urea groups is 1. The van der Waals surface area contributed by atoms with Crippen molar-refractivity contribution in [2.75, 3.05) is 13.2 Å². The molecule has 0 aromatic heterocycles. The number of amides is 2. The summed E-state index contributed by atoms with van der Waals surface area (Å²) in [6.07, 6.45) is 1.25. The van der Waals surface area contributed by atoms with E-state index in [9.17, 15) is 4.79 Å². The average Bonchev–Trinajstić information content (AvgIpc) is 2.48. The first-order chi connectivity index (χ1) is 4.29. The summed E-state index contributed by atoms with van der Waals surface area (Å²) in [5.41, 5.74) is 4.81. The van der Waals surface area contributed by atoms with Crippen molar-refractivity contribution in [1.82, 2.24) is 5.32 Å². The van der Waals surface area contributed by atoms with Crippen LogP contribution in [-0.4, -0.2) is 25.3 Å².